The van der Waals surface area contributed by atoms with E-state index >= 15 is 0 Å². The molecular formula is C24H30ClFN4OS. The van der Waals surface area contributed by atoms with Crippen molar-refractivity contribution in [2.45, 2.75) is 24.2 Å². The van der Waals surface area contributed by atoms with Crippen molar-refractivity contribution in [2.24, 2.45) is 0 Å². The third kappa shape index (κ3) is 6.62. The molecule has 1 fully saturated rings. The third-order valence-corrected chi connectivity index (χ3v) is 6.71. The molecule has 32 heavy (non-hydrogen) atoms. The summed E-state index contributed by atoms with van der Waals surface area (Å²) in [6.45, 7) is 6.58. The Labute approximate surface area is 198 Å². The van der Waals surface area contributed by atoms with Crippen molar-refractivity contribution in [3.63, 3.8) is 0 Å². The minimum atomic E-state index is -0.311. The van der Waals surface area contributed by atoms with Crippen LogP contribution in [0.3, 0.4) is 0 Å². The molecule has 1 saturated heterocycles. The highest BCUT2D eigenvalue weighted by Gasteiger charge is 2.10. The number of halogens is 2. The van der Waals surface area contributed by atoms with Crippen molar-refractivity contribution in [1.29, 1.82) is 0 Å². The summed E-state index contributed by atoms with van der Waals surface area (Å²) in [5, 5.41) is 5.27. The molecule has 0 bridgehead atoms. The van der Waals surface area contributed by atoms with E-state index in [1.807, 2.05) is 30.5 Å². The summed E-state index contributed by atoms with van der Waals surface area (Å²) in [4.78, 5) is 6.54. The molecule has 4 rings (SSSR count). The molecule has 0 spiro atoms. The highest BCUT2D eigenvalue weighted by atomic mass is 35.5. The first-order valence-corrected chi connectivity index (χ1v) is 12.4. The lowest BCUT2D eigenvalue weighted by Crippen LogP contribution is -2.43. The van der Waals surface area contributed by atoms with Crippen LogP contribution in [0.1, 0.15) is 18.4 Å². The van der Waals surface area contributed by atoms with Crippen LogP contribution in [0.25, 0.3) is 10.9 Å². The second-order valence-corrected chi connectivity index (χ2v) is 9.39. The van der Waals surface area contributed by atoms with Crippen molar-refractivity contribution in [1.82, 2.24) is 19.9 Å². The Morgan fingerprint density at radius 2 is 2.00 bits per heavy atom. The van der Waals surface area contributed by atoms with Crippen LogP contribution in [0.4, 0.5) is 4.39 Å². The minimum absolute atomic E-state index is 0.311. The number of aryl methyl sites for hydroxylation is 1. The number of hydrogen-bond donors (Lipinski definition) is 3. The number of piperazine rings is 1. The van der Waals surface area contributed by atoms with Gasteiger partial charge < -0.3 is 19.9 Å². The number of hydrogen-bond acceptors (Lipinski definition) is 5. The zero-order valence-corrected chi connectivity index (χ0v) is 19.7. The van der Waals surface area contributed by atoms with Gasteiger partial charge in [0, 0.05) is 66.3 Å². The Kier molecular flexibility index (Phi) is 8.70. The molecule has 1 aliphatic heterocycles. The Balaban J connectivity index is 1.15. The number of nitrogens with one attached hydrogen (secondary N) is 3. The van der Waals surface area contributed by atoms with Crippen molar-refractivity contribution in [3.8, 4) is 5.75 Å². The Bertz CT molecular complexity index is 1010. The smallest absolute Gasteiger partial charge is 0.166 e. The molecule has 0 radical (unpaired) electrons. The third-order valence-electron chi connectivity index (χ3n) is 5.63. The number of aromatic nitrogens is 1. The second-order valence-electron chi connectivity index (χ2n) is 7.99. The van der Waals surface area contributed by atoms with Gasteiger partial charge in [0.2, 0.25) is 0 Å². The van der Waals surface area contributed by atoms with Crippen LogP contribution in [0.15, 0.2) is 47.5 Å². The molecule has 3 N–H and O–H groups in total. The zero-order valence-electron chi connectivity index (χ0n) is 18.1. The average Bonchev–Trinajstić information content (AvgIpc) is 3.20. The number of fused-ring (bicyclic) bond motifs is 1. The number of H-pyrrole nitrogens is 1. The Hall–Kier alpha value is -1.77. The quantitative estimate of drug-likeness (QED) is 0.272. The summed E-state index contributed by atoms with van der Waals surface area (Å²) < 4.78 is 23.3. The van der Waals surface area contributed by atoms with Crippen LogP contribution < -0.4 is 14.8 Å². The standard InChI is InChI=1S/C24H30ClFN4OS/c25-19-4-6-23-21(15-19)18(17-28-23)3-1-8-29-32-20-5-7-24(22(26)16-20)31-14-2-11-30-12-9-27-10-13-30/h4-7,15-17,27-29H,1-3,8-14H2. The van der Waals surface area contributed by atoms with Crippen molar-refractivity contribution in [3.05, 3.63) is 59.0 Å². The summed E-state index contributed by atoms with van der Waals surface area (Å²) in [5.74, 6) is 0.0160. The fourth-order valence-electron chi connectivity index (χ4n) is 3.91. The fraction of sp³-hybridized carbons (Fsp3) is 0.417. The maximum Gasteiger partial charge on any atom is 0.166 e. The van der Waals surface area contributed by atoms with E-state index in [0.717, 1.165) is 74.0 Å². The summed E-state index contributed by atoms with van der Waals surface area (Å²) in [5.41, 5.74) is 2.37. The van der Waals surface area contributed by atoms with Gasteiger partial charge in [0.25, 0.3) is 0 Å². The van der Waals surface area contributed by atoms with Crippen LogP contribution in [0, 0.1) is 5.82 Å². The molecule has 1 aromatic heterocycles. The van der Waals surface area contributed by atoms with Gasteiger partial charge >= 0.3 is 0 Å². The van der Waals surface area contributed by atoms with Crippen LogP contribution in [-0.4, -0.2) is 55.8 Å². The van der Waals surface area contributed by atoms with Gasteiger partial charge in [-0.25, -0.2) is 4.39 Å². The lowest BCUT2D eigenvalue weighted by molar-refractivity contribution is 0.211. The van der Waals surface area contributed by atoms with Crippen LogP contribution in [-0.2, 0) is 6.42 Å². The van der Waals surface area contributed by atoms with Crippen LogP contribution >= 0.6 is 23.5 Å². The average molecular weight is 477 g/mol. The molecule has 3 aromatic rings. The summed E-state index contributed by atoms with van der Waals surface area (Å²) >= 11 is 7.56. The van der Waals surface area contributed by atoms with Gasteiger partial charge in [0.15, 0.2) is 11.6 Å². The lowest BCUT2D eigenvalue weighted by atomic mass is 10.1. The molecule has 0 aliphatic carbocycles. The van der Waals surface area contributed by atoms with E-state index in [2.05, 4.69) is 19.9 Å². The van der Waals surface area contributed by atoms with Crippen molar-refractivity contribution < 1.29 is 9.13 Å². The molecule has 0 atom stereocenters. The zero-order chi connectivity index (χ0) is 22.2. The SMILES string of the molecule is Fc1cc(SNCCCc2c[nH]c3ccc(Cl)cc23)ccc1OCCCN1CCNCC1. The number of aromatic amines is 1. The Morgan fingerprint density at radius 1 is 1.12 bits per heavy atom. The first-order valence-electron chi connectivity index (χ1n) is 11.2. The van der Waals surface area contributed by atoms with E-state index in [4.69, 9.17) is 16.3 Å². The van der Waals surface area contributed by atoms with Gasteiger partial charge in [-0.3, -0.25) is 4.72 Å². The van der Waals surface area contributed by atoms with Gasteiger partial charge in [-0.15, -0.1) is 0 Å². The predicted molar refractivity (Wildman–Crippen MR) is 131 cm³/mol. The topological polar surface area (TPSA) is 52.3 Å². The van der Waals surface area contributed by atoms with Crippen LogP contribution in [0.5, 0.6) is 5.75 Å². The normalized spacial score (nSPS) is 14.8. The highest BCUT2D eigenvalue weighted by Crippen LogP contribution is 2.25. The molecule has 1 aliphatic rings. The van der Waals surface area contributed by atoms with E-state index in [1.54, 1.807) is 6.07 Å². The summed E-state index contributed by atoms with van der Waals surface area (Å²) in [6, 6.07) is 11.1. The molecule has 8 heteroatoms. The monoisotopic (exact) mass is 476 g/mol. The number of rotatable bonds is 11. The second kappa shape index (κ2) is 11.9. The van der Waals surface area contributed by atoms with E-state index in [-0.39, 0.29) is 5.82 Å². The fourth-order valence-corrected chi connectivity index (χ4v) is 4.79. The van der Waals surface area contributed by atoms with E-state index in [0.29, 0.717) is 12.4 Å². The van der Waals surface area contributed by atoms with E-state index in [1.165, 1.54) is 29.0 Å². The number of benzene rings is 2. The van der Waals surface area contributed by atoms with Crippen molar-refractivity contribution in [2.75, 3.05) is 45.9 Å². The summed E-state index contributed by atoms with van der Waals surface area (Å²) in [7, 11) is 0. The lowest BCUT2D eigenvalue weighted by Gasteiger charge is -2.26. The largest absolute Gasteiger partial charge is 0.490 e. The van der Waals surface area contributed by atoms with Gasteiger partial charge in [-0.2, -0.15) is 0 Å². The maximum atomic E-state index is 14.4. The molecule has 0 saturated carbocycles. The molecule has 2 aromatic carbocycles. The Morgan fingerprint density at radius 3 is 2.84 bits per heavy atom. The first-order chi connectivity index (χ1) is 15.7. The molecule has 2 heterocycles. The maximum absolute atomic E-state index is 14.4. The van der Waals surface area contributed by atoms with E-state index in [9.17, 15) is 4.39 Å². The molecule has 0 amide bonds. The molecule has 0 unspecified atom stereocenters. The van der Waals surface area contributed by atoms with Crippen molar-refractivity contribution >= 4 is 34.5 Å². The van der Waals surface area contributed by atoms with Gasteiger partial charge in [0.05, 0.1) is 6.61 Å². The molecule has 172 valence electrons. The number of nitrogens with zero attached hydrogens (tertiary/aromatic N) is 1. The van der Waals surface area contributed by atoms with Gasteiger partial charge in [-0.05, 0) is 73.2 Å². The van der Waals surface area contributed by atoms with Gasteiger partial charge in [0.1, 0.15) is 0 Å². The van der Waals surface area contributed by atoms with Crippen LogP contribution in [0.2, 0.25) is 5.02 Å². The predicted octanol–water partition coefficient (Wildman–Crippen LogP) is 4.86. The number of ether oxygens (including phenoxy) is 1. The highest BCUT2D eigenvalue weighted by molar-refractivity contribution is 7.97. The summed E-state index contributed by atoms with van der Waals surface area (Å²) in [6.07, 6.45) is 4.87. The first kappa shape index (κ1) is 23.4. The molecule has 5 nitrogen and oxygen atoms in total. The van der Waals surface area contributed by atoms with E-state index < -0.39 is 0 Å². The minimum Gasteiger partial charge on any atom is -0.490 e. The van der Waals surface area contributed by atoms with Gasteiger partial charge in [-0.1, -0.05) is 11.6 Å². The molecular weight excluding hydrogens is 447 g/mol.